The van der Waals surface area contributed by atoms with Crippen LogP contribution in [0.2, 0.25) is 0 Å². The van der Waals surface area contributed by atoms with E-state index >= 15 is 0 Å². The van der Waals surface area contributed by atoms with E-state index in [1.165, 1.54) is 5.56 Å². The fourth-order valence-electron chi connectivity index (χ4n) is 3.56. The maximum atomic E-state index is 13.0. The molecule has 2 N–H and O–H groups in total. The molecular weight excluding hydrogens is 430 g/mol. The first-order valence-electron chi connectivity index (χ1n) is 10.9. The number of rotatable bonds is 8. The number of aryl methyl sites for hydroxylation is 2. The Hall–Kier alpha value is -3.51. The van der Waals surface area contributed by atoms with E-state index in [2.05, 4.69) is 34.8 Å². The molecule has 5 nitrogen and oxygen atoms in total. The van der Waals surface area contributed by atoms with Crippen LogP contribution in [0.15, 0.2) is 88.3 Å². The smallest absolute Gasteiger partial charge is 0.256 e. The molecule has 0 spiro atoms. The Morgan fingerprint density at radius 1 is 0.939 bits per heavy atom. The zero-order valence-electron chi connectivity index (χ0n) is 19.0. The van der Waals surface area contributed by atoms with Crippen molar-refractivity contribution >= 4 is 29.0 Å². The molecule has 0 saturated carbocycles. The number of amides is 1. The van der Waals surface area contributed by atoms with Crippen molar-refractivity contribution in [2.75, 3.05) is 10.6 Å². The highest BCUT2D eigenvalue weighted by molar-refractivity contribution is 7.98. The molecule has 3 aromatic carbocycles. The highest BCUT2D eigenvalue weighted by Gasteiger charge is 2.15. The van der Waals surface area contributed by atoms with Crippen LogP contribution in [-0.2, 0) is 5.75 Å². The van der Waals surface area contributed by atoms with Crippen LogP contribution in [0.1, 0.15) is 45.9 Å². The van der Waals surface area contributed by atoms with Crippen molar-refractivity contribution in [3.8, 4) is 0 Å². The second kappa shape index (κ2) is 10.4. The summed E-state index contributed by atoms with van der Waals surface area (Å²) in [4.78, 5) is 13.9. The van der Waals surface area contributed by atoms with Gasteiger partial charge in [0.05, 0.1) is 11.3 Å². The number of hydrogen-bond acceptors (Lipinski definition) is 5. The van der Waals surface area contributed by atoms with E-state index < -0.39 is 0 Å². The SMILES string of the molecule is Cc1noc(C)c1CSc1ccccc1C(=O)Nc1ccc(NC(C)c2ccccc2)cc1. The maximum absolute atomic E-state index is 13.0. The van der Waals surface area contributed by atoms with Gasteiger partial charge in [-0.2, -0.15) is 0 Å². The van der Waals surface area contributed by atoms with E-state index in [4.69, 9.17) is 4.52 Å². The fraction of sp³-hybridized carbons (Fsp3) is 0.185. The second-order valence-electron chi connectivity index (χ2n) is 7.90. The lowest BCUT2D eigenvalue weighted by molar-refractivity contribution is 0.102. The lowest BCUT2D eigenvalue weighted by Crippen LogP contribution is -2.13. The number of carbonyl (C=O) groups excluding carboxylic acids is 1. The minimum Gasteiger partial charge on any atom is -0.379 e. The molecule has 1 heterocycles. The molecule has 1 amide bonds. The first-order valence-corrected chi connectivity index (χ1v) is 11.9. The van der Waals surface area contributed by atoms with Crippen LogP contribution in [-0.4, -0.2) is 11.1 Å². The predicted molar refractivity (Wildman–Crippen MR) is 135 cm³/mol. The molecule has 1 atom stereocenters. The van der Waals surface area contributed by atoms with Gasteiger partial charge in [-0.15, -0.1) is 11.8 Å². The summed E-state index contributed by atoms with van der Waals surface area (Å²) in [7, 11) is 0. The predicted octanol–water partition coefficient (Wildman–Crippen LogP) is 7.01. The summed E-state index contributed by atoms with van der Waals surface area (Å²) in [6.07, 6.45) is 0. The van der Waals surface area contributed by atoms with Crippen molar-refractivity contribution in [1.82, 2.24) is 5.16 Å². The molecule has 4 aromatic rings. The number of anilines is 2. The molecule has 6 heteroatoms. The van der Waals surface area contributed by atoms with Gasteiger partial charge in [-0.3, -0.25) is 4.79 Å². The zero-order valence-corrected chi connectivity index (χ0v) is 19.8. The molecule has 168 valence electrons. The monoisotopic (exact) mass is 457 g/mol. The Labute approximate surface area is 198 Å². The maximum Gasteiger partial charge on any atom is 0.256 e. The molecule has 4 rings (SSSR count). The molecule has 33 heavy (non-hydrogen) atoms. The number of carbonyl (C=O) groups is 1. The molecule has 1 aromatic heterocycles. The number of benzene rings is 3. The summed E-state index contributed by atoms with van der Waals surface area (Å²) in [6, 6.07) is 25.9. The van der Waals surface area contributed by atoms with Crippen LogP contribution in [0.3, 0.4) is 0 Å². The van der Waals surface area contributed by atoms with Crippen molar-refractivity contribution in [2.24, 2.45) is 0 Å². The highest BCUT2D eigenvalue weighted by Crippen LogP contribution is 2.29. The molecule has 0 saturated heterocycles. The van der Waals surface area contributed by atoms with Crippen molar-refractivity contribution in [3.63, 3.8) is 0 Å². The second-order valence-corrected chi connectivity index (χ2v) is 8.91. The highest BCUT2D eigenvalue weighted by atomic mass is 32.2. The van der Waals surface area contributed by atoms with E-state index in [1.54, 1.807) is 11.8 Å². The molecular formula is C27H27N3O2S. The van der Waals surface area contributed by atoms with Crippen LogP contribution >= 0.6 is 11.8 Å². The van der Waals surface area contributed by atoms with E-state index in [9.17, 15) is 4.79 Å². The Balaban J connectivity index is 1.40. The average molecular weight is 458 g/mol. The topological polar surface area (TPSA) is 67.2 Å². The summed E-state index contributed by atoms with van der Waals surface area (Å²) in [5.41, 5.74) is 5.58. The minimum absolute atomic E-state index is 0.129. The number of nitrogens with one attached hydrogen (secondary N) is 2. The van der Waals surface area contributed by atoms with Gasteiger partial charge < -0.3 is 15.2 Å². The molecule has 0 aliphatic rings. The lowest BCUT2D eigenvalue weighted by atomic mass is 10.1. The molecule has 0 fully saturated rings. The number of nitrogens with zero attached hydrogens (tertiary/aromatic N) is 1. The van der Waals surface area contributed by atoms with E-state index in [-0.39, 0.29) is 11.9 Å². The van der Waals surface area contributed by atoms with Gasteiger partial charge >= 0.3 is 0 Å². The van der Waals surface area contributed by atoms with Gasteiger partial charge in [-0.1, -0.05) is 47.6 Å². The first-order chi connectivity index (χ1) is 16.0. The molecule has 0 aliphatic heterocycles. The van der Waals surface area contributed by atoms with Crippen molar-refractivity contribution in [1.29, 1.82) is 0 Å². The Bertz CT molecular complexity index is 1200. The summed E-state index contributed by atoms with van der Waals surface area (Å²) in [6.45, 7) is 5.97. The van der Waals surface area contributed by atoms with Gasteiger partial charge in [0, 0.05) is 33.6 Å². The quantitative estimate of drug-likeness (QED) is 0.279. The number of thioether (sulfide) groups is 1. The van der Waals surface area contributed by atoms with Crippen LogP contribution < -0.4 is 10.6 Å². The van der Waals surface area contributed by atoms with Gasteiger partial charge in [0.15, 0.2) is 0 Å². The summed E-state index contributed by atoms with van der Waals surface area (Å²) in [5, 5.41) is 10.5. The van der Waals surface area contributed by atoms with Crippen molar-refractivity contribution < 1.29 is 9.32 Å². The van der Waals surface area contributed by atoms with E-state index in [1.807, 2.05) is 80.6 Å². The van der Waals surface area contributed by atoms with Gasteiger partial charge in [0.2, 0.25) is 0 Å². The van der Waals surface area contributed by atoms with Gasteiger partial charge in [0.25, 0.3) is 5.91 Å². The minimum atomic E-state index is -0.129. The number of hydrogen-bond donors (Lipinski definition) is 2. The zero-order chi connectivity index (χ0) is 23.2. The third-order valence-corrected chi connectivity index (χ3v) is 6.61. The van der Waals surface area contributed by atoms with Crippen LogP contribution in [0.25, 0.3) is 0 Å². The van der Waals surface area contributed by atoms with Crippen molar-refractivity contribution in [2.45, 2.75) is 37.5 Å². The van der Waals surface area contributed by atoms with Gasteiger partial charge in [-0.05, 0) is 62.7 Å². The summed E-state index contributed by atoms with van der Waals surface area (Å²) >= 11 is 1.61. The molecule has 1 unspecified atom stereocenters. The molecule has 0 radical (unpaired) electrons. The lowest BCUT2D eigenvalue weighted by Gasteiger charge is -2.16. The Morgan fingerprint density at radius 2 is 1.61 bits per heavy atom. The van der Waals surface area contributed by atoms with Crippen LogP contribution in [0.5, 0.6) is 0 Å². The largest absolute Gasteiger partial charge is 0.379 e. The van der Waals surface area contributed by atoms with Crippen LogP contribution in [0.4, 0.5) is 11.4 Å². The van der Waals surface area contributed by atoms with Crippen LogP contribution in [0, 0.1) is 13.8 Å². The average Bonchev–Trinajstić information content (AvgIpc) is 3.16. The fourth-order valence-corrected chi connectivity index (χ4v) is 4.76. The summed E-state index contributed by atoms with van der Waals surface area (Å²) in [5.74, 6) is 1.39. The Kier molecular flexibility index (Phi) is 7.15. The third-order valence-electron chi connectivity index (χ3n) is 5.51. The van der Waals surface area contributed by atoms with E-state index in [0.29, 0.717) is 11.3 Å². The number of aromatic nitrogens is 1. The third kappa shape index (κ3) is 5.65. The van der Waals surface area contributed by atoms with Crippen molar-refractivity contribution in [3.05, 3.63) is 107 Å². The molecule has 0 bridgehead atoms. The Morgan fingerprint density at radius 3 is 2.30 bits per heavy atom. The normalized spacial score (nSPS) is 11.7. The standard InChI is InChI=1S/C27H27N3O2S/c1-18(21-9-5-4-6-10-21)28-22-13-15-23(16-14-22)29-27(31)24-11-7-8-12-26(24)33-17-25-19(2)30-32-20(25)3/h4-16,18,28H,17H2,1-3H3,(H,29,31). The van der Waals surface area contributed by atoms with Gasteiger partial charge in [0.1, 0.15) is 5.76 Å². The van der Waals surface area contributed by atoms with Gasteiger partial charge in [-0.25, -0.2) is 0 Å². The molecule has 0 aliphatic carbocycles. The summed E-state index contributed by atoms with van der Waals surface area (Å²) < 4.78 is 5.25. The van der Waals surface area contributed by atoms with E-state index in [0.717, 1.165) is 33.3 Å². The first kappa shape index (κ1) is 22.7.